The van der Waals surface area contributed by atoms with E-state index in [0.29, 0.717) is 12.3 Å². The molecule has 3 rings (SSSR count). The first kappa shape index (κ1) is 17.9. The van der Waals surface area contributed by atoms with Crippen LogP contribution in [0.1, 0.15) is 30.7 Å². The topological polar surface area (TPSA) is 68.0 Å². The lowest BCUT2D eigenvalue weighted by Crippen LogP contribution is -2.28. The van der Waals surface area contributed by atoms with Crippen molar-refractivity contribution in [2.75, 3.05) is 5.32 Å². The molecule has 0 saturated heterocycles. The van der Waals surface area contributed by atoms with Gasteiger partial charge in [0, 0.05) is 29.1 Å². The molecule has 1 aliphatic rings. The quantitative estimate of drug-likeness (QED) is 0.874. The van der Waals surface area contributed by atoms with Crippen molar-refractivity contribution >= 4 is 35.3 Å². The molecule has 6 heteroatoms. The molecule has 1 fully saturated rings. The summed E-state index contributed by atoms with van der Waals surface area (Å²) in [5.41, 5.74) is 8.90. The molecule has 124 valence electrons. The van der Waals surface area contributed by atoms with E-state index >= 15 is 0 Å². The fraction of sp³-hybridized carbons (Fsp3) is 0.412. The van der Waals surface area contributed by atoms with Crippen LogP contribution in [0.15, 0.2) is 29.6 Å². The molecule has 0 radical (unpaired) electrons. The largest absolute Gasteiger partial charge is 0.327 e. The van der Waals surface area contributed by atoms with Crippen LogP contribution in [0.3, 0.4) is 0 Å². The Bertz CT molecular complexity index is 656. The van der Waals surface area contributed by atoms with Crippen LogP contribution in [-0.4, -0.2) is 16.9 Å². The second kappa shape index (κ2) is 7.90. The maximum absolute atomic E-state index is 12.1. The molecule has 23 heavy (non-hydrogen) atoms. The first-order chi connectivity index (χ1) is 10.6. The minimum atomic E-state index is 0. The van der Waals surface area contributed by atoms with Gasteiger partial charge in [-0.2, -0.15) is 0 Å². The number of carbonyl (C=O) groups excluding carboxylic acids is 1. The summed E-state index contributed by atoms with van der Waals surface area (Å²) < 4.78 is 0. The first-order valence-corrected chi connectivity index (χ1v) is 8.58. The highest BCUT2D eigenvalue weighted by molar-refractivity contribution is 7.09. The Labute approximate surface area is 146 Å². The number of halogens is 1. The second-order valence-corrected chi connectivity index (χ2v) is 7.00. The third-order valence-corrected chi connectivity index (χ3v) is 5.02. The van der Waals surface area contributed by atoms with E-state index in [4.69, 9.17) is 5.73 Å². The summed E-state index contributed by atoms with van der Waals surface area (Å²) in [6.07, 6.45) is 3.77. The third kappa shape index (κ3) is 4.53. The van der Waals surface area contributed by atoms with Crippen LogP contribution in [0.2, 0.25) is 0 Å². The standard InChI is InChI=1S/C17H21N3OS.ClH/c1-11-19-16(10-22-11)12-5-7-14(8-6-12)20-17(21)9-13-3-2-4-15(13)18;/h5-8,10,13,15H,2-4,9,18H2,1H3,(H,20,21);1H/t13-,15+;/m0./s1. The number of anilines is 1. The number of rotatable bonds is 4. The van der Waals surface area contributed by atoms with Crippen LogP contribution < -0.4 is 11.1 Å². The lowest BCUT2D eigenvalue weighted by Gasteiger charge is -2.14. The number of nitrogens with one attached hydrogen (secondary N) is 1. The molecule has 1 aliphatic carbocycles. The van der Waals surface area contributed by atoms with Gasteiger partial charge in [0.2, 0.25) is 5.91 Å². The number of nitrogens with two attached hydrogens (primary N) is 1. The predicted octanol–water partition coefficient (Wildman–Crippen LogP) is 4.00. The van der Waals surface area contributed by atoms with Gasteiger partial charge in [0.05, 0.1) is 10.7 Å². The van der Waals surface area contributed by atoms with Crippen molar-refractivity contribution in [3.63, 3.8) is 0 Å². The Hall–Kier alpha value is -1.43. The minimum absolute atomic E-state index is 0. The average Bonchev–Trinajstić information content (AvgIpc) is 3.09. The van der Waals surface area contributed by atoms with Crippen molar-refractivity contribution in [2.24, 2.45) is 11.7 Å². The fourth-order valence-electron chi connectivity index (χ4n) is 2.99. The van der Waals surface area contributed by atoms with E-state index in [0.717, 1.165) is 41.2 Å². The Balaban J connectivity index is 0.00000192. The van der Waals surface area contributed by atoms with Gasteiger partial charge in [-0.25, -0.2) is 4.98 Å². The molecule has 4 nitrogen and oxygen atoms in total. The molecule has 0 aliphatic heterocycles. The zero-order valence-corrected chi connectivity index (χ0v) is 14.8. The minimum Gasteiger partial charge on any atom is -0.327 e. The Morgan fingerprint density at radius 2 is 2.09 bits per heavy atom. The van der Waals surface area contributed by atoms with Gasteiger partial charge in [0.25, 0.3) is 0 Å². The van der Waals surface area contributed by atoms with Crippen LogP contribution in [0.5, 0.6) is 0 Å². The molecule has 1 saturated carbocycles. The van der Waals surface area contributed by atoms with Crippen molar-refractivity contribution < 1.29 is 4.79 Å². The number of hydrogen-bond acceptors (Lipinski definition) is 4. The van der Waals surface area contributed by atoms with E-state index < -0.39 is 0 Å². The van der Waals surface area contributed by atoms with Crippen molar-refractivity contribution in [1.29, 1.82) is 0 Å². The number of aromatic nitrogens is 1. The Morgan fingerprint density at radius 3 is 2.65 bits per heavy atom. The maximum atomic E-state index is 12.1. The smallest absolute Gasteiger partial charge is 0.224 e. The molecule has 2 aromatic rings. The summed E-state index contributed by atoms with van der Waals surface area (Å²) in [4.78, 5) is 16.6. The fourth-order valence-corrected chi connectivity index (χ4v) is 3.61. The highest BCUT2D eigenvalue weighted by Crippen LogP contribution is 2.27. The van der Waals surface area contributed by atoms with E-state index in [9.17, 15) is 4.79 Å². The first-order valence-electron chi connectivity index (χ1n) is 7.70. The molecular weight excluding hydrogens is 330 g/mol. The molecule has 1 amide bonds. The highest BCUT2D eigenvalue weighted by Gasteiger charge is 2.25. The SMILES string of the molecule is Cc1nc(-c2ccc(NC(=O)C[C@@H]3CCC[C@H]3N)cc2)cs1.Cl. The molecule has 0 bridgehead atoms. The molecule has 3 N–H and O–H groups in total. The molecule has 1 aromatic heterocycles. The van der Waals surface area contributed by atoms with E-state index in [2.05, 4.69) is 10.3 Å². The van der Waals surface area contributed by atoms with Crippen molar-refractivity contribution in [1.82, 2.24) is 4.98 Å². The van der Waals surface area contributed by atoms with Crippen molar-refractivity contribution in [2.45, 2.75) is 38.6 Å². The summed E-state index contributed by atoms with van der Waals surface area (Å²) in [5, 5.41) is 6.06. The molecule has 0 spiro atoms. The lowest BCUT2D eigenvalue weighted by atomic mass is 10.00. The normalized spacial score (nSPS) is 20.1. The van der Waals surface area contributed by atoms with Gasteiger partial charge < -0.3 is 11.1 Å². The monoisotopic (exact) mass is 351 g/mol. The summed E-state index contributed by atoms with van der Waals surface area (Å²) >= 11 is 1.64. The highest BCUT2D eigenvalue weighted by atomic mass is 35.5. The number of aryl methyl sites for hydroxylation is 1. The van der Waals surface area contributed by atoms with Gasteiger partial charge in [-0.3, -0.25) is 4.79 Å². The number of carbonyl (C=O) groups is 1. The summed E-state index contributed by atoms with van der Waals surface area (Å²) in [6.45, 7) is 2.00. The van der Waals surface area contributed by atoms with Gasteiger partial charge in [0.1, 0.15) is 0 Å². The zero-order chi connectivity index (χ0) is 15.5. The summed E-state index contributed by atoms with van der Waals surface area (Å²) in [5.74, 6) is 0.386. The number of nitrogens with zero attached hydrogens (tertiary/aromatic N) is 1. The van der Waals surface area contributed by atoms with Gasteiger partial charge in [-0.15, -0.1) is 23.7 Å². The molecule has 1 aromatic carbocycles. The van der Waals surface area contributed by atoms with Crippen LogP contribution in [0.25, 0.3) is 11.3 Å². The van der Waals surface area contributed by atoms with E-state index in [1.165, 1.54) is 0 Å². The van der Waals surface area contributed by atoms with Crippen LogP contribution >= 0.6 is 23.7 Å². The van der Waals surface area contributed by atoms with Gasteiger partial charge >= 0.3 is 0 Å². The van der Waals surface area contributed by atoms with Crippen LogP contribution in [-0.2, 0) is 4.79 Å². The number of hydrogen-bond donors (Lipinski definition) is 2. The number of thiazole rings is 1. The Morgan fingerprint density at radius 1 is 1.35 bits per heavy atom. The number of amides is 1. The van der Waals surface area contributed by atoms with E-state index in [1.54, 1.807) is 11.3 Å². The summed E-state index contributed by atoms with van der Waals surface area (Å²) in [7, 11) is 0. The lowest BCUT2D eigenvalue weighted by molar-refractivity contribution is -0.117. The average molecular weight is 352 g/mol. The van der Waals surface area contributed by atoms with Crippen molar-refractivity contribution in [3.05, 3.63) is 34.7 Å². The molecule has 0 unspecified atom stereocenters. The van der Waals surface area contributed by atoms with E-state index in [-0.39, 0.29) is 24.4 Å². The van der Waals surface area contributed by atoms with Crippen LogP contribution in [0, 0.1) is 12.8 Å². The maximum Gasteiger partial charge on any atom is 0.224 e. The Kier molecular flexibility index (Phi) is 6.16. The summed E-state index contributed by atoms with van der Waals surface area (Å²) in [6, 6.07) is 8.02. The van der Waals surface area contributed by atoms with Gasteiger partial charge in [0.15, 0.2) is 0 Å². The molecular formula is C17H22ClN3OS. The number of benzene rings is 1. The second-order valence-electron chi connectivity index (χ2n) is 5.94. The van der Waals surface area contributed by atoms with Crippen molar-refractivity contribution in [3.8, 4) is 11.3 Å². The zero-order valence-electron chi connectivity index (χ0n) is 13.1. The molecule has 2 atom stereocenters. The van der Waals surface area contributed by atoms with Gasteiger partial charge in [-0.1, -0.05) is 18.6 Å². The van der Waals surface area contributed by atoms with Gasteiger partial charge in [-0.05, 0) is 37.8 Å². The van der Waals surface area contributed by atoms with Crippen LogP contribution in [0.4, 0.5) is 5.69 Å². The third-order valence-electron chi connectivity index (χ3n) is 4.25. The molecule has 1 heterocycles. The predicted molar refractivity (Wildman–Crippen MR) is 98.1 cm³/mol. The van der Waals surface area contributed by atoms with E-state index in [1.807, 2.05) is 36.6 Å².